The lowest BCUT2D eigenvalue weighted by molar-refractivity contribution is 0.414. The third-order valence-corrected chi connectivity index (χ3v) is 2.06. The largest absolute Gasteiger partial charge is 0.497 e. The molecule has 0 radical (unpaired) electrons. The maximum Gasteiger partial charge on any atom is 0.164 e. The molecule has 0 aromatic carbocycles. The lowest BCUT2D eigenvalue weighted by atomic mass is 10.4. The molecule has 0 saturated carbocycles. The predicted octanol–water partition coefficient (Wildman–Crippen LogP) is 0.239. The summed E-state index contributed by atoms with van der Waals surface area (Å²) in [7, 11) is 1.63. The fraction of sp³-hybridized carbons (Fsp3) is 0.333. The van der Waals surface area contributed by atoms with Crippen LogP contribution in [0.1, 0.15) is 5.82 Å². The molecule has 0 amide bonds. The van der Waals surface area contributed by atoms with Crippen LogP contribution in [0.3, 0.4) is 0 Å². The van der Waals surface area contributed by atoms with Crippen molar-refractivity contribution < 1.29 is 4.74 Å². The van der Waals surface area contributed by atoms with Crippen LogP contribution in [-0.4, -0.2) is 28.3 Å². The van der Waals surface area contributed by atoms with Gasteiger partial charge in [-0.3, -0.25) is 4.40 Å². The van der Waals surface area contributed by atoms with E-state index in [1.54, 1.807) is 7.11 Å². The van der Waals surface area contributed by atoms with Gasteiger partial charge in [0.2, 0.25) is 0 Å². The Morgan fingerprint density at radius 2 is 2.36 bits per heavy atom. The first-order valence-corrected chi connectivity index (χ1v) is 4.43. The molecular formula is C9H12N4O. The van der Waals surface area contributed by atoms with Gasteiger partial charge in [0, 0.05) is 18.7 Å². The van der Waals surface area contributed by atoms with Crippen LogP contribution < -0.4 is 10.5 Å². The third kappa shape index (κ3) is 1.42. The van der Waals surface area contributed by atoms with Crippen molar-refractivity contribution in [3.63, 3.8) is 0 Å². The molecule has 0 aliphatic rings. The van der Waals surface area contributed by atoms with Crippen LogP contribution in [0.4, 0.5) is 0 Å². The van der Waals surface area contributed by atoms with Crippen LogP contribution in [-0.2, 0) is 6.42 Å². The van der Waals surface area contributed by atoms with Gasteiger partial charge in [0.1, 0.15) is 11.6 Å². The van der Waals surface area contributed by atoms with Crippen molar-refractivity contribution >= 4 is 5.65 Å². The Morgan fingerprint density at radius 1 is 1.50 bits per heavy atom. The SMILES string of the molecule is COc1ccn2c(CCN)nnc2c1. The highest BCUT2D eigenvalue weighted by atomic mass is 16.5. The summed E-state index contributed by atoms with van der Waals surface area (Å²) in [6, 6.07) is 3.71. The number of nitrogens with two attached hydrogens (primary N) is 1. The second-order valence-electron chi connectivity index (χ2n) is 2.95. The van der Waals surface area contributed by atoms with Gasteiger partial charge in [0.25, 0.3) is 0 Å². The molecule has 14 heavy (non-hydrogen) atoms. The van der Waals surface area contributed by atoms with E-state index in [1.807, 2.05) is 22.7 Å². The Balaban J connectivity index is 2.48. The van der Waals surface area contributed by atoms with Crippen LogP contribution in [0, 0.1) is 0 Å². The number of pyridine rings is 1. The van der Waals surface area contributed by atoms with Gasteiger partial charge in [-0.2, -0.15) is 0 Å². The van der Waals surface area contributed by atoms with E-state index >= 15 is 0 Å². The summed E-state index contributed by atoms with van der Waals surface area (Å²) >= 11 is 0. The fourth-order valence-electron chi connectivity index (χ4n) is 1.35. The van der Waals surface area contributed by atoms with E-state index in [4.69, 9.17) is 10.5 Å². The van der Waals surface area contributed by atoms with Crippen molar-refractivity contribution in [1.29, 1.82) is 0 Å². The van der Waals surface area contributed by atoms with E-state index in [0.717, 1.165) is 23.6 Å². The Morgan fingerprint density at radius 3 is 3.07 bits per heavy atom. The molecule has 2 aromatic rings. The lowest BCUT2D eigenvalue weighted by Gasteiger charge is -2.00. The molecule has 0 bridgehead atoms. The Bertz CT molecular complexity index is 437. The van der Waals surface area contributed by atoms with Gasteiger partial charge in [0.05, 0.1) is 7.11 Å². The first kappa shape index (κ1) is 8.96. The van der Waals surface area contributed by atoms with E-state index in [9.17, 15) is 0 Å². The number of nitrogens with zero attached hydrogens (tertiary/aromatic N) is 3. The van der Waals surface area contributed by atoms with Crippen molar-refractivity contribution in [3.05, 3.63) is 24.2 Å². The Kier molecular flexibility index (Phi) is 2.32. The quantitative estimate of drug-likeness (QED) is 0.756. The summed E-state index contributed by atoms with van der Waals surface area (Å²) in [5, 5.41) is 8.06. The second-order valence-corrected chi connectivity index (χ2v) is 2.95. The van der Waals surface area contributed by atoms with Crippen LogP contribution in [0.25, 0.3) is 5.65 Å². The van der Waals surface area contributed by atoms with E-state index in [0.29, 0.717) is 6.54 Å². The van der Waals surface area contributed by atoms with Crippen molar-refractivity contribution in [1.82, 2.24) is 14.6 Å². The summed E-state index contributed by atoms with van der Waals surface area (Å²) < 4.78 is 7.00. The molecule has 2 aromatic heterocycles. The molecule has 0 fully saturated rings. The number of fused-ring (bicyclic) bond motifs is 1. The van der Waals surface area contributed by atoms with Crippen molar-refractivity contribution in [2.24, 2.45) is 5.73 Å². The van der Waals surface area contributed by atoms with E-state index in [-0.39, 0.29) is 0 Å². The molecule has 0 atom stereocenters. The molecule has 0 unspecified atom stereocenters. The molecule has 0 saturated heterocycles. The van der Waals surface area contributed by atoms with Crippen LogP contribution in [0.2, 0.25) is 0 Å². The third-order valence-electron chi connectivity index (χ3n) is 2.06. The van der Waals surface area contributed by atoms with Crippen LogP contribution in [0.15, 0.2) is 18.3 Å². The van der Waals surface area contributed by atoms with Gasteiger partial charge in [-0.25, -0.2) is 0 Å². The van der Waals surface area contributed by atoms with Crippen molar-refractivity contribution in [2.45, 2.75) is 6.42 Å². The monoisotopic (exact) mass is 192 g/mol. The number of hydrogen-bond donors (Lipinski definition) is 1. The standard InChI is InChI=1S/C9H12N4O/c1-14-7-3-5-13-8(2-4-10)11-12-9(13)6-7/h3,5-6H,2,4,10H2,1H3. The number of aromatic nitrogens is 3. The van der Waals surface area contributed by atoms with Gasteiger partial charge in [-0.1, -0.05) is 0 Å². The summed E-state index contributed by atoms with van der Waals surface area (Å²) in [6.07, 6.45) is 2.62. The maximum absolute atomic E-state index is 5.46. The molecule has 0 aliphatic carbocycles. The van der Waals surface area contributed by atoms with Gasteiger partial charge < -0.3 is 10.5 Å². The molecule has 0 spiro atoms. The van der Waals surface area contributed by atoms with E-state index in [2.05, 4.69) is 10.2 Å². The predicted molar refractivity (Wildman–Crippen MR) is 52.3 cm³/mol. The first-order valence-electron chi connectivity index (χ1n) is 4.43. The minimum atomic E-state index is 0.576. The number of methoxy groups -OCH3 is 1. The Labute approximate surface area is 81.5 Å². The molecular weight excluding hydrogens is 180 g/mol. The molecule has 2 rings (SSSR count). The van der Waals surface area contributed by atoms with Crippen molar-refractivity contribution in [2.75, 3.05) is 13.7 Å². The molecule has 5 heteroatoms. The average Bonchev–Trinajstić information content (AvgIpc) is 2.61. The second kappa shape index (κ2) is 3.63. The zero-order chi connectivity index (χ0) is 9.97. The van der Waals surface area contributed by atoms with Gasteiger partial charge in [-0.15, -0.1) is 10.2 Å². The smallest absolute Gasteiger partial charge is 0.164 e. The maximum atomic E-state index is 5.46. The van der Waals surface area contributed by atoms with Crippen LogP contribution >= 0.6 is 0 Å². The zero-order valence-corrected chi connectivity index (χ0v) is 7.97. The summed E-state index contributed by atoms with van der Waals surface area (Å²) in [4.78, 5) is 0. The van der Waals surface area contributed by atoms with E-state index in [1.165, 1.54) is 0 Å². The van der Waals surface area contributed by atoms with E-state index < -0.39 is 0 Å². The number of ether oxygens (including phenoxy) is 1. The molecule has 5 nitrogen and oxygen atoms in total. The molecule has 0 aliphatic heterocycles. The van der Waals surface area contributed by atoms with Gasteiger partial charge in [0.15, 0.2) is 5.65 Å². The molecule has 2 N–H and O–H groups in total. The number of hydrogen-bond acceptors (Lipinski definition) is 4. The minimum Gasteiger partial charge on any atom is -0.497 e. The molecule has 74 valence electrons. The topological polar surface area (TPSA) is 65.4 Å². The Hall–Kier alpha value is -1.62. The highest BCUT2D eigenvalue weighted by molar-refractivity contribution is 5.44. The fourth-order valence-corrected chi connectivity index (χ4v) is 1.35. The van der Waals surface area contributed by atoms with Gasteiger partial charge in [-0.05, 0) is 12.6 Å². The highest BCUT2D eigenvalue weighted by Crippen LogP contribution is 2.13. The summed E-state index contributed by atoms with van der Waals surface area (Å²) in [5.41, 5.74) is 6.25. The normalized spacial score (nSPS) is 10.7. The highest BCUT2D eigenvalue weighted by Gasteiger charge is 2.04. The summed E-state index contributed by atoms with van der Waals surface area (Å²) in [6.45, 7) is 0.576. The molecule has 2 heterocycles. The van der Waals surface area contributed by atoms with Crippen LogP contribution in [0.5, 0.6) is 5.75 Å². The number of rotatable bonds is 3. The zero-order valence-electron chi connectivity index (χ0n) is 7.97. The summed E-state index contributed by atoms with van der Waals surface area (Å²) in [5.74, 6) is 1.66. The first-order chi connectivity index (χ1) is 6.85. The lowest BCUT2D eigenvalue weighted by Crippen LogP contribution is -2.06. The van der Waals surface area contributed by atoms with Crippen molar-refractivity contribution in [3.8, 4) is 5.75 Å². The minimum absolute atomic E-state index is 0.576. The van der Waals surface area contributed by atoms with Gasteiger partial charge >= 0.3 is 0 Å². The average molecular weight is 192 g/mol.